The number of hydrogen-bond donors (Lipinski definition) is 1. The molecule has 1 N–H and O–H groups in total. The van der Waals surface area contributed by atoms with Crippen LogP contribution in [0.4, 0.5) is 4.79 Å². The number of cyclic esters (lactones) is 1. The van der Waals surface area contributed by atoms with Crippen molar-refractivity contribution in [2.24, 2.45) is 0 Å². The number of rotatable bonds is 2. The van der Waals surface area contributed by atoms with E-state index in [-0.39, 0.29) is 12.2 Å². The summed E-state index contributed by atoms with van der Waals surface area (Å²) in [6, 6.07) is 7.36. The van der Waals surface area contributed by atoms with Gasteiger partial charge in [-0.25, -0.2) is 14.4 Å². The van der Waals surface area contributed by atoms with Crippen LogP contribution in [0.3, 0.4) is 0 Å². The van der Waals surface area contributed by atoms with Gasteiger partial charge in [0.05, 0.1) is 5.56 Å². The van der Waals surface area contributed by atoms with Crippen LogP contribution >= 0.6 is 0 Å². The molecule has 88 valence electrons. The Morgan fingerprint density at radius 3 is 2.53 bits per heavy atom. The molecular weight excluding hydrogens is 226 g/mol. The number of nitrogens with one attached hydrogen (secondary N) is 1. The largest absolute Gasteiger partial charge is 0.461 e. The van der Waals surface area contributed by atoms with E-state index in [1.165, 1.54) is 12.1 Å². The van der Waals surface area contributed by atoms with Crippen molar-refractivity contribution < 1.29 is 23.9 Å². The molecule has 2 rings (SSSR count). The van der Waals surface area contributed by atoms with E-state index in [1.807, 2.05) is 0 Å². The number of benzene rings is 1. The lowest BCUT2D eigenvalue weighted by atomic mass is 10.2. The summed E-state index contributed by atoms with van der Waals surface area (Å²) in [5.41, 5.74) is 0.263. The van der Waals surface area contributed by atoms with Gasteiger partial charge in [0.15, 0.2) is 6.04 Å². The van der Waals surface area contributed by atoms with Gasteiger partial charge in [-0.3, -0.25) is 0 Å². The molecule has 0 saturated carbocycles. The Kier molecular flexibility index (Phi) is 3.04. The lowest BCUT2D eigenvalue weighted by Crippen LogP contribution is -2.53. The minimum absolute atomic E-state index is 0.105. The Balaban J connectivity index is 1.86. The van der Waals surface area contributed by atoms with E-state index >= 15 is 0 Å². The van der Waals surface area contributed by atoms with Crippen molar-refractivity contribution in [3.05, 3.63) is 35.9 Å². The highest BCUT2D eigenvalue weighted by Gasteiger charge is 2.33. The molecule has 1 aromatic carbocycles. The normalized spacial score (nSPS) is 17.6. The fraction of sp³-hybridized carbons (Fsp3) is 0.182. The van der Waals surface area contributed by atoms with Crippen molar-refractivity contribution in [2.75, 3.05) is 6.61 Å². The number of amides is 1. The van der Waals surface area contributed by atoms with Crippen LogP contribution < -0.4 is 5.32 Å². The SMILES string of the molecule is O=C(N[C@H]1COC1=O)OC(=O)c1ccccc1. The van der Waals surface area contributed by atoms with E-state index in [0.29, 0.717) is 0 Å². The highest BCUT2D eigenvalue weighted by Crippen LogP contribution is 2.04. The molecule has 1 aliphatic rings. The van der Waals surface area contributed by atoms with Crippen molar-refractivity contribution >= 4 is 18.0 Å². The van der Waals surface area contributed by atoms with Gasteiger partial charge in [0, 0.05) is 0 Å². The number of carbonyl (C=O) groups is 3. The molecule has 0 aromatic heterocycles. The molecule has 17 heavy (non-hydrogen) atoms. The van der Waals surface area contributed by atoms with Gasteiger partial charge in [-0.05, 0) is 12.1 Å². The summed E-state index contributed by atoms with van der Waals surface area (Å²) in [5, 5.41) is 2.21. The maximum Gasteiger partial charge on any atom is 0.415 e. The maximum absolute atomic E-state index is 11.4. The summed E-state index contributed by atoms with van der Waals surface area (Å²) < 4.78 is 8.93. The van der Waals surface area contributed by atoms with Gasteiger partial charge in [0.25, 0.3) is 0 Å². The second-order valence-electron chi connectivity index (χ2n) is 3.37. The highest BCUT2D eigenvalue weighted by molar-refractivity contribution is 5.97. The van der Waals surface area contributed by atoms with E-state index in [4.69, 9.17) is 0 Å². The van der Waals surface area contributed by atoms with Crippen molar-refractivity contribution in [1.82, 2.24) is 5.32 Å². The molecule has 6 nitrogen and oxygen atoms in total. The lowest BCUT2D eigenvalue weighted by molar-refractivity contribution is -0.162. The Bertz CT molecular complexity index is 456. The minimum Gasteiger partial charge on any atom is -0.461 e. The minimum atomic E-state index is -0.958. The second kappa shape index (κ2) is 4.65. The van der Waals surface area contributed by atoms with Gasteiger partial charge in [0.1, 0.15) is 6.61 Å². The third kappa shape index (κ3) is 2.60. The van der Waals surface area contributed by atoms with E-state index in [0.717, 1.165) is 0 Å². The number of esters is 2. The molecule has 6 heteroatoms. The average molecular weight is 235 g/mol. The van der Waals surface area contributed by atoms with Gasteiger partial charge in [-0.1, -0.05) is 18.2 Å². The molecule has 1 aromatic rings. The fourth-order valence-electron chi connectivity index (χ4n) is 1.22. The quantitative estimate of drug-likeness (QED) is 0.595. The van der Waals surface area contributed by atoms with Gasteiger partial charge >= 0.3 is 18.0 Å². The first-order chi connectivity index (χ1) is 8.16. The Morgan fingerprint density at radius 1 is 1.29 bits per heavy atom. The second-order valence-corrected chi connectivity index (χ2v) is 3.37. The summed E-state index contributed by atoms with van der Waals surface area (Å²) in [4.78, 5) is 33.4. The third-order valence-corrected chi connectivity index (χ3v) is 2.16. The van der Waals surface area contributed by atoms with Gasteiger partial charge in [-0.2, -0.15) is 0 Å². The van der Waals surface area contributed by atoms with Crippen LogP contribution in [-0.4, -0.2) is 30.7 Å². The van der Waals surface area contributed by atoms with Crippen LogP contribution in [-0.2, 0) is 14.3 Å². The summed E-state index contributed by atoms with van der Waals surface area (Å²) in [6.45, 7) is 0.105. The Hall–Kier alpha value is -2.37. The van der Waals surface area contributed by atoms with E-state index in [9.17, 15) is 14.4 Å². The third-order valence-electron chi connectivity index (χ3n) is 2.16. The summed E-state index contributed by atoms with van der Waals surface area (Å²) >= 11 is 0. The smallest absolute Gasteiger partial charge is 0.415 e. The fourth-order valence-corrected chi connectivity index (χ4v) is 1.22. The van der Waals surface area contributed by atoms with Crippen molar-refractivity contribution in [2.45, 2.75) is 6.04 Å². The van der Waals surface area contributed by atoms with Crippen LogP contribution in [0, 0.1) is 0 Å². The maximum atomic E-state index is 11.4. The zero-order valence-electron chi connectivity index (χ0n) is 8.71. The first-order valence-corrected chi connectivity index (χ1v) is 4.91. The zero-order valence-corrected chi connectivity index (χ0v) is 8.71. The predicted molar refractivity (Wildman–Crippen MR) is 55.1 cm³/mol. The molecule has 1 saturated heterocycles. The standard InChI is InChI=1S/C11H9NO5/c13-9(7-4-2-1-3-5-7)17-11(15)12-8-6-16-10(8)14/h1-5,8H,6H2,(H,12,15)/t8-/m0/s1. The molecule has 1 fully saturated rings. The number of hydrogen-bond acceptors (Lipinski definition) is 5. The van der Waals surface area contributed by atoms with Crippen LogP contribution in [0.15, 0.2) is 30.3 Å². The van der Waals surface area contributed by atoms with Crippen molar-refractivity contribution in [1.29, 1.82) is 0 Å². The molecule has 0 aliphatic carbocycles. The number of carbonyl (C=O) groups excluding carboxylic acids is 3. The molecule has 0 spiro atoms. The van der Waals surface area contributed by atoms with E-state index in [1.54, 1.807) is 18.2 Å². The Labute approximate surface area is 96.5 Å². The van der Waals surface area contributed by atoms with Gasteiger partial charge in [0.2, 0.25) is 0 Å². The Morgan fingerprint density at radius 2 is 2.00 bits per heavy atom. The van der Waals surface area contributed by atoms with E-state index in [2.05, 4.69) is 14.8 Å². The topological polar surface area (TPSA) is 81.7 Å². The van der Waals surface area contributed by atoms with E-state index < -0.39 is 24.1 Å². The first kappa shape index (κ1) is 11.1. The van der Waals surface area contributed by atoms with Crippen LogP contribution in [0.1, 0.15) is 10.4 Å². The highest BCUT2D eigenvalue weighted by atomic mass is 16.6. The molecule has 1 atom stereocenters. The molecule has 1 heterocycles. The molecular formula is C11H9NO5. The van der Waals surface area contributed by atoms with Crippen molar-refractivity contribution in [3.63, 3.8) is 0 Å². The predicted octanol–water partition coefficient (Wildman–Crippen LogP) is 0.478. The van der Waals surface area contributed by atoms with Gasteiger partial charge in [-0.15, -0.1) is 0 Å². The van der Waals surface area contributed by atoms with Crippen LogP contribution in [0.25, 0.3) is 0 Å². The summed E-state index contributed by atoms with van der Waals surface area (Å²) in [7, 11) is 0. The zero-order chi connectivity index (χ0) is 12.3. The van der Waals surface area contributed by atoms with Gasteiger partial charge < -0.3 is 14.8 Å². The summed E-state index contributed by atoms with van der Waals surface area (Å²) in [5.74, 6) is -1.30. The molecule has 1 amide bonds. The first-order valence-electron chi connectivity index (χ1n) is 4.91. The molecule has 1 aliphatic heterocycles. The molecule has 0 radical (unpaired) electrons. The summed E-state index contributed by atoms with van der Waals surface area (Å²) in [6.07, 6.45) is -0.958. The molecule has 0 unspecified atom stereocenters. The number of ether oxygens (including phenoxy) is 2. The van der Waals surface area contributed by atoms with Crippen LogP contribution in [0.2, 0.25) is 0 Å². The van der Waals surface area contributed by atoms with Crippen LogP contribution in [0.5, 0.6) is 0 Å². The monoisotopic (exact) mass is 235 g/mol. The lowest BCUT2D eigenvalue weighted by Gasteiger charge is -2.24. The molecule has 0 bridgehead atoms. The van der Waals surface area contributed by atoms with Crippen molar-refractivity contribution in [3.8, 4) is 0 Å². The number of alkyl carbamates (subject to hydrolysis) is 1. The average Bonchev–Trinajstić information content (AvgIpc) is 2.35.